The first-order valence-corrected chi connectivity index (χ1v) is 18.1. The van der Waals surface area contributed by atoms with Gasteiger partial charge in [0.25, 0.3) is 0 Å². The van der Waals surface area contributed by atoms with Crippen LogP contribution in [0.3, 0.4) is 0 Å². The Morgan fingerprint density at radius 2 is 0.652 bits per heavy atom. The van der Waals surface area contributed by atoms with E-state index in [1.807, 2.05) is 54.6 Å². The van der Waals surface area contributed by atoms with Gasteiger partial charge in [-0.05, 0) is 73.4 Å². The van der Waals surface area contributed by atoms with E-state index in [9.17, 15) is 0 Å². The third-order valence-electron chi connectivity index (χ3n) is 6.69. The Labute approximate surface area is 323 Å². The molecule has 0 aromatic heterocycles. The van der Waals surface area contributed by atoms with Crippen molar-refractivity contribution < 1.29 is 17.1 Å². The van der Waals surface area contributed by atoms with Crippen LogP contribution in [0, 0.1) is 17.8 Å². The van der Waals surface area contributed by atoms with Crippen LogP contribution >= 0.6 is 0 Å². The standard InChI is InChI=1S/3C12H17NS2.Fe/c3*1-10(2)8-9-13(12(14)15)11-6-4-3-5-7-11;/h3*3-7,10H,8-9H2,1-2H3,(H,14,15);/q;;;+3. The van der Waals surface area contributed by atoms with Crippen LogP contribution in [0.15, 0.2) is 91.0 Å². The van der Waals surface area contributed by atoms with Crippen LogP contribution in [0.1, 0.15) is 60.8 Å². The molecule has 3 rings (SSSR count). The summed E-state index contributed by atoms with van der Waals surface area (Å²) in [6, 6.07) is 30.5. The zero-order valence-corrected chi connectivity index (χ0v) is 34.1. The quantitative estimate of drug-likeness (QED) is 0.0622. The summed E-state index contributed by atoms with van der Waals surface area (Å²) in [6.07, 6.45) is 3.36. The fourth-order valence-corrected chi connectivity index (χ4v) is 5.23. The molecule has 0 saturated heterocycles. The molecule has 3 aromatic carbocycles. The maximum absolute atomic E-state index is 5.14. The number of hydrogen-bond donors (Lipinski definition) is 0. The predicted octanol–water partition coefficient (Wildman–Crippen LogP) is 7.36. The normalized spacial score (nSPS) is 10.2. The molecule has 251 valence electrons. The molecule has 0 fully saturated rings. The molecule has 3 aromatic rings. The monoisotopic (exact) mass is 773 g/mol. The number of para-hydroxylation sites is 3. The molecule has 0 aliphatic rings. The number of benzene rings is 3. The molecule has 3 nitrogen and oxygen atoms in total. The van der Waals surface area contributed by atoms with Gasteiger partial charge < -0.3 is 52.6 Å². The molecule has 0 atom stereocenters. The van der Waals surface area contributed by atoms with Crippen LogP contribution in [0.2, 0.25) is 0 Å². The van der Waals surface area contributed by atoms with Crippen molar-refractivity contribution in [1.29, 1.82) is 0 Å². The summed E-state index contributed by atoms with van der Waals surface area (Å²) in [7, 11) is 0. The Balaban J connectivity index is 0.000000653. The van der Waals surface area contributed by atoms with Crippen molar-refractivity contribution in [2.75, 3.05) is 34.3 Å². The molecule has 10 heteroatoms. The Morgan fingerprint density at radius 3 is 0.804 bits per heavy atom. The van der Waals surface area contributed by atoms with Gasteiger partial charge in [0.1, 0.15) is 13.0 Å². The van der Waals surface area contributed by atoms with E-state index in [0.29, 0.717) is 30.7 Å². The Morgan fingerprint density at radius 1 is 0.457 bits per heavy atom. The molecule has 0 N–H and O–H groups in total. The second-order valence-corrected chi connectivity index (χ2v) is 15.2. The van der Waals surface area contributed by atoms with Crippen LogP contribution in [0.25, 0.3) is 0 Å². The average Bonchev–Trinajstić information content (AvgIpc) is 2.99. The molecule has 0 aliphatic heterocycles. The smallest absolute Gasteiger partial charge is 0.673 e. The van der Waals surface area contributed by atoms with Gasteiger partial charge in [-0.3, -0.25) is 0 Å². The second-order valence-electron chi connectivity index (χ2n) is 11.9. The second kappa shape index (κ2) is 25.9. The van der Waals surface area contributed by atoms with Gasteiger partial charge in [-0.25, -0.2) is 0 Å². The van der Waals surface area contributed by atoms with Crippen molar-refractivity contribution in [1.82, 2.24) is 0 Å². The minimum absolute atomic E-state index is 0. The molecular formula is C36H51FeN3S6+3. The summed E-state index contributed by atoms with van der Waals surface area (Å²) in [4.78, 5) is 6.20. The van der Waals surface area contributed by atoms with Crippen LogP contribution in [0.5, 0.6) is 0 Å². The van der Waals surface area contributed by atoms with E-state index in [1.165, 1.54) is 0 Å². The fourth-order valence-electron chi connectivity index (χ4n) is 3.99. The number of hydrogen-bond acceptors (Lipinski definition) is 3. The first-order chi connectivity index (χ1) is 21.3. The van der Waals surface area contributed by atoms with Crippen molar-refractivity contribution in [3.8, 4) is 0 Å². The van der Waals surface area contributed by atoms with Gasteiger partial charge in [-0.2, -0.15) is 0 Å². The molecule has 0 aliphatic carbocycles. The summed E-state index contributed by atoms with van der Waals surface area (Å²) in [5.74, 6) is 2.04. The van der Waals surface area contributed by atoms with Gasteiger partial charge in [0.2, 0.25) is 0 Å². The van der Waals surface area contributed by atoms with E-state index < -0.39 is 0 Å². The molecular weight excluding hydrogens is 723 g/mol. The van der Waals surface area contributed by atoms with E-state index in [-0.39, 0.29) is 17.1 Å². The SMILES string of the molecule is CC(C)CCN(C([S-])=[SH+])c1ccccc1.CC(C)CCN(C([S-])=[SH+])c1ccccc1.CC(C)CCN(C([S-])=[SH+])c1ccccc1.[Fe+3]. The van der Waals surface area contributed by atoms with Crippen LogP contribution in [-0.2, 0) is 91.6 Å². The third-order valence-corrected chi connectivity index (χ3v) is 8.07. The Kier molecular flexibility index (Phi) is 25.2. The van der Waals surface area contributed by atoms with Gasteiger partial charge in [-0.15, -0.1) is 0 Å². The van der Waals surface area contributed by atoms with E-state index in [2.05, 4.69) is 129 Å². The molecule has 1 radical (unpaired) electrons. The number of thiol groups is 3. The summed E-state index contributed by atoms with van der Waals surface area (Å²) < 4.78 is 1.92. The van der Waals surface area contributed by atoms with Gasteiger partial charge >= 0.3 is 17.1 Å². The van der Waals surface area contributed by atoms with Crippen molar-refractivity contribution in [3.63, 3.8) is 0 Å². The minimum Gasteiger partial charge on any atom is -0.673 e. The fraction of sp³-hybridized carbons (Fsp3) is 0.417. The van der Waals surface area contributed by atoms with Gasteiger partial charge in [0.05, 0.1) is 0 Å². The van der Waals surface area contributed by atoms with Gasteiger partial charge in [0.15, 0.2) is 36.7 Å². The molecule has 0 unspecified atom stereocenters. The van der Waals surface area contributed by atoms with E-state index in [0.717, 1.165) is 56.0 Å². The zero-order chi connectivity index (χ0) is 33.8. The molecule has 0 saturated carbocycles. The van der Waals surface area contributed by atoms with E-state index in [4.69, 9.17) is 37.9 Å². The molecule has 46 heavy (non-hydrogen) atoms. The van der Waals surface area contributed by atoms with Crippen molar-refractivity contribution >= 4 is 105 Å². The largest absolute Gasteiger partial charge is 3.00 e. The zero-order valence-electron chi connectivity index (χ0n) is 27.9. The first kappa shape index (κ1) is 44.9. The van der Waals surface area contributed by atoms with Crippen molar-refractivity contribution in [3.05, 3.63) is 91.0 Å². The molecule has 0 spiro atoms. The van der Waals surface area contributed by atoms with Crippen LogP contribution in [0.4, 0.5) is 17.1 Å². The summed E-state index contributed by atoms with van der Waals surface area (Å²) >= 11 is 28.2. The van der Waals surface area contributed by atoms with E-state index >= 15 is 0 Å². The molecule has 0 amide bonds. The number of rotatable bonds is 12. The predicted molar refractivity (Wildman–Crippen MR) is 223 cm³/mol. The Hall–Kier alpha value is -1.10. The maximum Gasteiger partial charge on any atom is 3.00 e. The topological polar surface area (TPSA) is 9.72 Å². The Bertz CT molecular complexity index is 1090. The first-order valence-electron chi connectivity index (χ1n) is 15.5. The minimum atomic E-state index is 0. The maximum atomic E-state index is 5.14. The van der Waals surface area contributed by atoms with Gasteiger partial charge in [0, 0.05) is 36.7 Å². The third kappa shape index (κ3) is 19.7. The molecule has 0 bridgehead atoms. The molecule has 0 heterocycles. The number of anilines is 3. The van der Waals surface area contributed by atoms with E-state index in [1.54, 1.807) is 0 Å². The summed E-state index contributed by atoms with van der Waals surface area (Å²) in [5, 5.41) is 0. The van der Waals surface area contributed by atoms with Crippen LogP contribution < -0.4 is 14.7 Å². The van der Waals surface area contributed by atoms with Gasteiger partial charge in [-0.1, -0.05) is 96.1 Å². The average molecular weight is 774 g/mol. The number of nitrogens with zero attached hydrogens (tertiary/aromatic N) is 3. The summed E-state index contributed by atoms with van der Waals surface area (Å²) in [5.41, 5.74) is 3.37. The van der Waals surface area contributed by atoms with Crippen molar-refractivity contribution in [2.45, 2.75) is 60.8 Å². The van der Waals surface area contributed by atoms with Crippen molar-refractivity contribution in [2.24, 2.45) is 17.8 Å². The summed E-state index contributed by atoms with van der Waals surface area (Å²) in [6.45, 7) is 16.1. The van der Waals surface area contributed by atoms with Crippen LogP contribution in [-0.4, -0.2) is 32.6 Å².